The molecule has 3 aromatic heterocycles. The number of imidazole rings is 1. The van der Waals surface area contributed by atoms with Gasteiger partial charge in [0.2, 0.25) is 15.8 Å². The molecule has 0 aliphatic carbocycles. The smallest absolute Gasteiger partial charge is 0.362 e. The zero-order valence-corrected chi connectivity index (χ0v) is 16.2. The van der Waals surface area contributed by atoms with Crippen molar-refractivity contribution in [2.45, 2.75) is 15.9 Å². The summed E-state index contributed by atoms with van der Waals surface area (Å²) in [7, 11) is 1.63. The molecule has 0 bridgehead atoms. The highest BCUT2D eigenvalue weighted by Gasteiger charge is 2.24. The van der Waals surface area contributed by atoms with Gasteiger partial charge in [-0.05, 0) is 40.4 Å². The first-order valence-electron chi connectivity index (χ1n) is 8.13. The van der Waals surface area contributed by atoms with E-state index in [0.717, 1.165) is 23.1 Å². The molecule has 0 saturated heterocycles. The third-order valence-corrected chi connectivity index (χ3v) is 5.74. The van der Waals surface area contributed by atoms with Crippen LogP contribution in [0.4, 0.5) is 10.9 Å². The molecule has 3 heterocycles. The van der Waals surface area contributed by atoms with Crippen molar-refractivity contribution in [3.8, 4) is 5.75 Å². The first-order valence-corrected chi connectivity index (χ1v) is 9.77. The molecule has 1 aromatic carbocycles. The highest BCUT2D eigenvalue weighted by atomic mass is 32.2. The molecule has 11 heteroatoms. The van der Waals surface area contributed by atoms with Crippen LogP contribution in [0, 0.1) is 10.1 Å². The number of benzene rings is 1. The lowest BCUT2D eigenvalue weighted by atomic mass is 10.2. The van der Waals surface area contributed by atoms with Crippen molar-refractivity contribution in [3.05, 3.63) is 64.3 Å². The number of anilines is 1. The minimum absolute atomic E-state index is 0.0801. The molecule has 9 nitrogen and oxygen atoms in total. The van der Waals surface area contributed by atoms with Gasteiger partial charge in [0.25, 0.3) is 0 Å². The van der Waals surface area contributed by atoms with Crippen molar-refractivity contribution in [3.63, 3.8) is 0 Å². The highest BCUT2D eigenvalue weighted by molar-refractivity contribution is 8.01. The summed E-state index contributed by atoms with van der Waals surface area (Å²) < 4.78 is 7.16. The van der Waals surface area contributed by atoms with E-state index in [0.29, 0.717) is 21.7 Å². The minimum atomic E-state index is -0.438. The second kappa shape index (κ2) is 7.82. The standard InChI is InChI=1S/C17H14N6O3S2/c1-26-12-7-5-11(6-8-12)10-18-16-20-21-17(28-16)27-14-15(23(24)25)22-9-3-2-4-13(22)19-14/h2-9H,10H2,1H3,(H,18,20). The second-order valence-corrected chi connectivity index (χ2v) is 7.82. The van der Waals surface area contributed by atoms with Gasteiger partial charge < -0.3 is 20.2 Å². The summed E-state index contributed by atoms with van der Waals surface area (Å²) in [6.07, 6.45) is 1.62. The van der Waals surface area contributed by atoms with Crippen LogP contribution in [-0.2, 0) is 6.54 Å². The third-order valence-electron chi connectivity index (χ3n) is 3.84. The predicted molar refractivity (Wildman–Crippen MR) is 106 cm³/mol. The molecule has 0 aliphatic heterocycles. The number of nitrogens with one attached hydrogen (secondary N) is 1. The van der Waals surface area contributed by atoms with Gasteiger partial charge in [-0.25, -0.2) is 0 Å². The van der Waals surface area contributed by atoms with Crippen molar-refractivity contribution < 1.29 is 9.66 Å². The molecule has 0 spiro atoms. The van der Waals surface area contributed by atoms with Gasteiger partial charge in [0.1, 0.15) is 5.75 Å². The van der Waals surface area contributed by atoms with Crippen LogP contribution >= 0.6 is 23.1 Å². The molecule has 0 aliphatic rings. The summed E-state index contributed by atoms with van der Waals surface area (Å²) >= 11 is 2.45. The predicted octanol–water partition coefficient (Wildman–Crippen LogP) is 3.87. The Balaban J connectivity index is 1.48. The summed E-state index contributed by atoms with van der Waals surface area (Å²) in [5.74, 6) is 0.718. The zero-order valence-electron chi connectivity index (χ0n) is 14.6. The van der Waals surface area contributed by atoms with Gasteiger partial charge in [-0.15, -0.1) is 10.2 Å². The molecule has 1 N–H and O–H groups in total. The van der Waals surface area contributed by atoms with E-state index in [1.54, 1.807) is 31.5 Å². The normalized spacial score (nSPS) is 10.9. The maximum absolute atomic E-state index is 11.5. The Labute approximate surface area is 167 Å². The summed E-state index contributed by atoms with van der Waals surface area (Å²) in [5, 5.41) is 23.8. The summed E-state index contributed by atoms with van der Waals surface area (Å²) in [6.45, 7) is 0.581. The van der Waals surface area contributed by atoms with E-state index in [9.17, 15) is 10.1 Å². The molecular weight excluding hydrogens is 400 g/mol. The Morgan fingerprint density at radius 3 is 2.82 bits per heavy atom. The van der Waals surface area contributed by atoms with Crippen LogP contribution in [0.15, 0.2) is 58.0 Å². The van der Waals surface area contributed by atoms with E-state index in [1.165, 1.54) is 15.7 Å². The van der Waals surface area contributed by atoms with Crippen molar-refractivity contribution in [2.75, 3.05) is 12.4 Å². The van der Waals surface area contributed by atoms with Gasteiger partial charge in [-0.1, -0.05) is 29.5 Å². The van der Waals surface area contributed by atoms with Crippen LogP contribution in [0.3, 0.4) is 0 Å². The molecule has 0 saturated carbocycles. The first kappa shape index (κ1) is 18.2. The lowest BCUT2D eigenvalue weighted by Gasteiger charge is -2.03. The molecule has 4 aromatic rings. The SMILES string of the molecule is COc1ccc(CNc2nnc(Sc3nc4ccccn4c3[N+](=O)[O-])s2)cc1. The maximum atomic E-state index is 11.5. The van der Waals surface area contributed by atoms with Crippen molar-refractivity contribution in [1.29, 1.82) is 0 Å². The maximum Gasteiger partial charge on any atom is 0.362 e. The van der Waals surface area contributed by atoms with E-state index in [-0.39, 0.29) is 10.8 Å². The fourth-order valence-corrected chi connectivity index (χ4v) is 4.29. The van der Waals surface area contributed by atoms with Gasteiger partial charge in [0, 0.05) is 12.6 Å². The number of hydrogen-bond donors (Lipinski definition) is 1. The number of nitrogens with zero attached hydrogens (tertiary/aromatic N) is 5. The number of hydrogen-bond acceptors (Lipinski definition) is 9. The molecule has 0 amide bonds. The van der Waals surface area contributed by atoms with E-state index >= 15 is 0 Å². The Kier molecular flexibility index (Phi) is 5.08. The van der Waals surface area contributed by atoms with Crippen LogP contribution in [0.2, 0.25) is 0 Å². The third kappa shape index (κ3) is 3.75. The minimum Gasteiger partial charge on any atom is -0.497 e. The van der Waals surface area contributed by atoms with Gasteiger partial charge >= 0.3 is 5.82 Å². The van der Waals surface area contributed by atoms with Crippen LogP contribution in [0.5, 0.6) is 5.75 Å². The summed E-state index contributed by atoms with van der Waals surface area (Å²) in [4.78, 5) is 15.4. The highest BCUT2D eigenvalue weighted by Crippen LogP contribution is 2.37. The van der Waals surface area contributed by atoms with Crippen LogP contribution in [0.1, 0.15) is 5.56 Å². The van der Waals surface area contributed by atoms with Gasteiger partial charge in [-0.2, -0.15) is 9.38 Å². The van der Waals surface area contributed by atoms with E-state index < -0.39 is 4.92 Å². The van der Waals surface area contributed by atoms with Gasteiger partial charge in [0.15, 0.2) is 4.34 Å². The lowest BCUT2D eigenvalue weighted by Crippen LogP contribution is -1.98. The average Bonchev–Trinajstić information content (AvgIpc) is 3.30. The first-order chi connectivity index (χ1) is 13.6. The van der Waals surface area contributed by atoms with Gasteiger partial charge in [-0.3, -0.25) is 0 Å². The number of ether oxygens (including phenoxy) is 1. The Morgan fingerprint density at radius 2 is 2.07 bits per heavy atom. The molecule has 28 heavy (non-hydrogen) atoms. The quantitative estimate of drug-likeness (QED) is 0.359. The number of fused-ring (bicyclic) bond motifs is 1. The number of nitro groups is 1. The summed E-state index contributed by atoms with van der Waals surface area (Å²) in [6, 6.07) is 12.9. The average molecular weight is 414 g/mol. The van der Waals surface area contributed by atoms with Gasteiger partial charge in [0.05, 0.1) is 13.3 Å². The van der Waals surface area contributed by atoms with Crippen molar-refractivity contribution in [1.82, 2.24) is 19.6 Å². The van der Waals surface area contributed by atoms with Crippen LogP contribution in [-0.4, -0.2) is 31.6 Å². The van der Waals surface area contributed by atoms with Crippen LogP contribution < -0.4 is 10.1 Å². The Bertz CT molecular complexity index is 1130. The topological polar surface area (TPSA) is 107 Å². The van der Waals surface area contributed by atoms with Crippen molar-refractivity contribution in [2.24, 2.45) is 0 Å². The van der Waals surface area contributed by atoms with E-state index in [4.69, 9.17) is 4.74 Å². The molecule has 0 atom stereocenters. The molecular formula is C17H14N6O3S2. The number of pyridine rings is 1. The van der Waals surface area contributed by atoms with Crippen molar-refractivity contribution >= 4 is 39.7 Å². The largest absolute Gasteiger partial charge is 0.497 e. The summed E-state index contributed by atoms with van der Waals surface area (Å²) in [5.41, 5.74) is 1.58. The second-order valence-electron chi connectivity index (χ2n) is 5.60. The number of methoxy groups -OCH3 is 1. The number of rotatable bonds is 7. The Hall–Kier alpha value is -3.18. The monoisotopic (exact) mass is 414 g/mol. The molecule has 0 fully saturated rings. The fraction of sp³-hybridized carbons (Fsp3) is 0.118. The van der Waals surface area contributed by atoms with Crippen LogP contribution in [0.25, 0.3) is 5.65 Å². The van der Waals surface area contributed by atoms with E-state index in [2.05, 4.69) is 20.5 Å². The Morgan fingerprint density at radius 1 is 1.25 bits per heavy atom. The molecule has 0 unspecified atom stereocenters. The zero-order chi connectivity index (χ0) is 19.5. The lowest BCUT2D eigenvalue weighted by molar-refractivity contribution is -0.393. The molecule has 4 rings (SSSR count). The fourth-order valence-electron chi connectivity index (χ4n) is 2.52. The molecule has 142 valence electrons. The number of aromatic nitrogens is 4. The van der Waals surface area contributed by atoms with E-state index in [1.807, 2.05) is 24.3 Å². The molecule has 0 radical (unpaired) electrons.